The lowest BCUT2D eigenvalue weighted by Gasteiger charge is -2.22. The molecule has 0 radical (unpaired) electrons. The molecular formula is C17H19BrFNO. The van der Waals surface area contributed by atoms with E-state index in [2.05, 4.69) is 21.2 Å². The Morgan fingerprint density at radius 2 is 2.00 bits per heavy atom. The first-order valence-corrected chi connectivity index (χ1v) is 7.69. The molecule has 1 atom stereocenters. The summed E-state index contributed by atoms with van der Waals surface area (Å²) in [6.07, 6.45) is 0. The number of halogens is 2. The molecule has 2 aromatic rings. The van der Waals surface area contributed by atoms with Gasteiger partial charge >= 0.3 is 0 Å². The maximum Gasteiger partial charge on any atom is 0.126 e. The predicted octanol–water partition coefficient (Wildman–Crippen LogP) is 4.60. The van der Waals surface area contributed by atoms with Crippen molar-refractivity contribution in [3.05, 3.63) is 63.4 Å². The zero-order chi connectivity index (χ0) is 15.4. The Kier molecular flexibility index (Phi) is 5.37. The topological polar surface area (TPSA) is 21.3 Å². The number of benzene rings is 2. The van der Waals surface area contributed by atoms with Crippen LogP contribution in [0.1, 0.15) is 29.7 Å². The Hall–Kier alpha value is -1.39. The fourth-order valence-corrected chi connectivity index (χ4v) is 2.77. The lowest BCUT2D eigenvalue weighted by atomic mass is 9.96. The molecule has 0 aliphatic carbocycles. The highest BCUT2D eigenvalue weighted by Crippen LogP contribution is 2.33. The summed E-state index contributed by atoms with van der Waals surface area (Å²) < 4.78 is 20.0. The molecule has 2 aromatic carbocycles. The van der Waals surface area contributed by atoms with Crippen LogP contribution < -0.4 is 10.1 Å². The van der Waals surface area contributed by atoms with Crippen LogP contribution in [0.3, 0.4) is 0 Å². The van der Waals surface area contributed by atoms with Crippen molar-refractivity contribution in [2.24, 2.45) is 0 Å². The minimum atomic E-state index is -0.185. The molecule has 4 heteroatoms. The van der Waals surface area contributed by atoms with E-state index in [1.54, 1.807) is 14.0 Å². The number of hydrogen-bond acceptors (Lipinski definition) is 2. The fraction of sp³-hybridized carbons (Fsp3) is 0.294. The molecule has 2 rings (SSSR count). The first-order valence-electron chi connectivity index (χ1n) is 6.89. The highest BCUT2D eigenvalue weighted by molar-refractivity contribution is 9.10. The highest BCUT2D eigenvalue weighted by atomic mass is 79.9. The van der Waals surface area contributed by atoms with Crippen molar-refractivity contribution < 1.29 is 9.13 Å². The third-order valence-corrected chi connectivity index (χ3v) is 3.92. The summed E-state index contributed by atoms with van der Waals surface area (Å²) in [4.78, 5) is 0. The van der Waals surface area contributed by atoms with Gasteiger partial charge in [0.2, 0.25) is 0 Å². The Labute approximate surface area is 133 Å². The van der Waals surface area contributed by atoms with Gasteiger partial charge in [0.15, 0.2) is 0 Å². The molecule has 21 heavy (non-hydrogen) atoms. The SMILES string of the molecule is CCNC(c1ccc(F)c(C)c1)c1cc(Br)ccc1OC. The van der Waals surface area contributed by atoms with Gasteiger partial charge in [0.05, 0.1) is 13.2 Å². The molecule has 0 fully saturated rings. The summed E-state index contributed by atoms with van der Waals surface area (Å²) in [6.45, 7) is 4.63. The van der Waals surface area contributed by atoms with Gasteiger partial charge in [-0.25, -0.2) is 4.39 Å². The standard InChI is InChI=1S/C17H19BrFNO/c1-4-20-17(12-5-7-15(19)11(2)9-12)14-10-13(18)6-8-16(14)21-3/h5-10,17,20H,4H2,1-3H3. The first-order chi connectivity index (χ1) is 10.1. The molecule has 0 amide bonds. The van der Waals surface area contributed by atoms with Crippen molar-refractivity contribution in [2.45, 2.75) is 19.9 Å². The van der Waals surface area contributed by atoms with E-state index in [9.17, 15) is 4.39 Å². The molecule has 0 aliphatic heterocycles. The zero-order valence-corrected chi connectivity index (χ0v) is 14.0. The fourth-order valence-electron chi connectivity index (χ4n) is 2.39. The molecule has 0 saturated heterocycles. The van der Waals surface area contributed by atoms with Crippen molar-refractivity contribution in [3.8, 4) is 5.75 Å². The second-order valence-corrected chi connectivity index (χ2v) is 5.80. The van der Waals surface area contributed by atoms with E-state index < -0.39 is 0 Å². The van der Waals surface area contributed by atoms with Crippen LogP contribution in [0.2, 0.25) is 0 Å². The number of ether oxygens (including phenoxy) is 1. The van der Waals surface area contributed by atoms with Crippen molar-refractivity contribution in [2.75, 3.05) is 13.7 Å². The summed E-state index contributed by atoms with van der Waals surface area (Å²) >= 11 is 3.50. The third-order valence-electron chi connectivity index (χ3n) is 3.43. The van der Waals surface area contributed by atoms with Gasteiger partial charge in [-0.1, -0.05) is 35.0 Å². The molecule has 0 bridgehead atoms. The van der Waals surface area contributed by atoms with E-state index >= 15 is 0 Å². The van der Waals surface area contributed by atoms with Gasteiger partial charge in [-0.15, -0.1) is 0 Å². The van der Waals surface area contributed by atoms with Crippen molar-refractivity contribution in [3.63, 3.8) is 0 Å². The van der Waals surface area contributed by atoms with Crippen LogP contribution in [0.25, 0.3) is 0 Å². The molecule has 1 N–H and O–H groups in total. The van der Waals surface area contributed by atoms with Crippen LogP contribution in [0.5, 0.6) is 5.75 Å². The summed E-state index contributed by atoms with van der Waals surface area (Å²) in [5.74, 6) is 0.626. The number of nitrogens with one attached hydrogen (secondary N) is 1. The van der Waals surface area contributed by atoms with Crippen LogP contribution in [0.15, 0.2) is 40.9 Å². The molecule has 0 aliphatic rings. The number of methoxy groups -OCH3 is 1. The molecule has 0 spiro atoms. The Balaban J connectivity index is 2.52. The smallest absolute Gasteiger partial charge is 0.126 e. The Morgan fingerprint density at radius 3 is 2.62 bits per heavy atom. The molecular weight excluding hydrogens is 333 g/mol. The van der Waals surface area contributed by atoms with E-state index in [0.717, 1.165) is 27.9 Å². The summed E-state index contributed by atoms with van der Waals surface area (Å²) in [6, 6.07) is 11.1. The van der Waals surface area contributed by atoms with Crippen LogP contribution in [0, 0.1) is 12.7 Å². The van der Waals surface area contributed by atoms with Gasteiger partial charge in [-0.05, 0) is 48.9 Å². The van der Waals surface area contributed by atoms with E-state index in [4.69, 9.17) is 4.74 Å². The molecule has 2 nitrogen and oxygen atoms in total. The highest BCUT2D eigenvalue weighted by Gasteiger charge is 2.18. The van der Waals surface area contributed by atoms with E-state index in [1.807, 2.05) is 37.3 Å². The second kappa shape index (κ2) is 7.05. The van der Waals surface area contributed by atoms with Crippen molar-refractivity contribution in [1.29, 1.82) is 0 Å². The molecule has 0 aromatic heterocycles. The zero-order valence-electron chi connectivity index (χ0n) is 12.4. The van der Waals surface area contributed by atoms with Gasteiger partial charge in [0.25, 0.3) is 0 Å². The van der Waals surface area contributed by atoms with Gasteiger partial charge in [-0.2, -0.15) is 0 Å². The van der Waals surface area contributed by atoms with Crippen LogP contribution in [-0.4, -0.2) is 13.7 Å². The van der Waals surface area contributed by atoms with Crippen LogP contribution in [-0.2, 0) is 0 Å². The maximum absolute atomic E-state index is 13.5. The van der Waals surface area contributed by atoms with Crippen LogP contribution >= 0.6 is 15.9 Å². The monoisotopic (exact) mass is 351 g/mol. The quantitative estimate of drug-likeness (QED) is 0.849. The minimum absolute atomic E-state index is 0.0400. The van der Waals surface area contributed by atoms with Gasteiger partial charge in [-0.3, -0.25) is 0 Å². The number of hydrogen-bond donors (Lipinski definition) is 1. The maximum atomic E-state index is 13.5. The molecule has 1 unspecified atom stereocenters. The molecule has 0 saturated carbocycles. The van der Waals surface area contributed by atoms with E-state index in [-0.39, 0.29) is 11.9 Å². The van der Waals surface area contributed by atoms with E-state index in [0.29, 0.717) is 5.56 Å². The minimum Gasteiger partial charge on any atom is -0.496 e. The second-order valence-electron chi connectivity index (χ2n) is 4.89. The largest absolute Gasteiger partial charge is 0.496 e. The molecule has 0 heterocycles. The van der Waals surface area contributed by atoms with Gasteiger partial charge < -0.3 is 10.1 Å². The van der Waals surface area contributed by atoms with Gasteiger partial charge in [0, 0.05) is 10.0 Å². The Bertz CT molecular complexity index is 630. The lowest BCUT2D eigenvalue weighted by Crippen LogP contribution is -2.22. The Morgan fingerprint density at radius 1 is 1.24 bits per heavy atom. The van der Waals surface area contributed by atoms with E-state index in [1.165, 1.54) is 6.07 Å². The average molecular weight is 352 g/mol. The average Bonchev–Trinajstić information content (AvgIpc) is 2.48. The normalized spacial score (nSPS) is 12.2. The van der Waals surface area contributed by atoms with Gasteiger partial charge in [0.1, 0.15) is 11.6 Å². The summed E-state index contributed by atoms with van der Waals surface area (Å²) in [5.41, 5.74) is 2.69. The van der Waals surface area contributed by atoms with Crippen LogP contribution in [0.4, 0.5) is 4.39 Å². The summed E-state index contributed by atoms with van der Waals surface area (Å²) in [5, 5.41) is 3.44. The summed E-state index contributed by atoms with van der Waals surface area (Å²) in [7, 11) is 1.66. The predicted molar refractivity (Wildman–Crippen MR) is 87.4 cm³/mol. The number of rotatable bonds is 5. The number of aryl methyl sites for hydroxylation is 1. The third kappa shape index (κ3) is 3.63. The first kappa shape index (κ1) is 16.0. The molecule has 112 valence electrons. The van der Waals surface area contributed by atoms with Crippen molar-refractivity contribution >= 4 is 15.9 Å². The lowest BCUT2D eigenvalue weighted by molar-refractivity contribution is 0.404. The van der Waals surface area contributed by atoms with Crippen molar-refractivity contribution in [1.82, 2.24) is 5.32 Å².